The van der Waals surface area contributed by atoms with E-state index in [4.69, 9.17) is 0 Å². The van der Waals surface area contributed by atoms with Gasteiger partial charge in [-0.3, -0.25) is 4.79 Å². The van der Waals surface area contributed by atoms with E-state index in [2.05, 4.69) is 55.7 Å². The number of amides is 1. The molecule has 0 aliphatic rings. The maximum absolute atomic E-state index is 11.2. The maximum Gasteiger partial charge on any atom is 0.221 e. The Hall–Kier alpha value is -2.29. The Morgan fingerprint density at radius 1 is 1.10 bits per heavy atom. The average Bonchev–Trinajstić information content (AvgIpc) is 2.42. The van der Waals surface area contributed by atoms with Gasteiger partial charge in [0.2, 0.25) is 5.91 Å². The number of rotatable bonds is 4. The number of nitrogens with one attached hydrogen (secondary N) is 2. The first kappa shape index (κ1) is 15.1. The van der Waals surface area contributed by atoms with Crippen molar-refractivity contribution in [2.45, 2.75) is 33.7 Å². The Morgan fingerprint density at radius 3 is 2.52 bits per heavy atom. The van der Waals surface area contributed by atoms with E-state index in [0.717, 1.165) is 16.9 Å². The van der Waals surface area contributed by atoms with Gasteiger partial charge in [0.25, 0.3) is 0 Å². The Morgan fingerprint density at radius 2 is 1.86 bits per heavy atom. The lowest BCUT2D eigenvalue weighted by Gasteiger charge is -2.19. The van der Waals surface area contributed by atoms with Crippen molar-refractivity contribution in [2.24, 2.45) is 0 Å². The molecule has 110 valence electrons. The molecule has 1 unspecified atom stereocenters. The van der Waals surface area contributed by atoms with Gasteiger partial charge < -0.3 is 10.6 Å². The molecular weight excluding hydrogens is 260 g/mol. The largest absolute Gasteiger partial charge is 0.378 e. The van der Waals surface area contributed by atoms with E-state index < -0.39 is 0 Å². The molecule has 21 heavy (non-hydrogen) atoms. The Labute approximate surface area is 126 Å². The van der Waals surface area contributed by atoms with Crippen molar-refractivity contribution in [1.29, 1.82) is 0 Å². The molecule has 2 aromatic rings. The number of hydrogen-bond donors (Lipinski definition) is 2. The number of hydrogen-bond acceptors (Lipinski definition) is 2. The van der Waals surface area contributed by atoms with E-state index in [1.165, 1.54) is 18.1 Å². The van der Waals surface area contributed by atoms with Crippen LogP contribution in [0.5, 0.6) is 0 Å². The van der Waals surface area contributed by atoms with Crippen LogP contribution in [-0.2, 0) is 4.79 Å². The van der Waals surface area contributed by atoms with Gasteiger partial charge in [0.05, 0.1) is 0 Å². The van der Waals surface area contributed by atoms with Crippen LogP contribution in [0.25, 0.3) is 0 Å². The van der Waals surface area contributed by atoms with Crippen LogP contribution in [0.1, 0.15) is 36.6 Å². The highest BCUT2D eigenvalue weighted by Crippen LogP contribution is 2.25. The van der Waals surface area contributed by atoms with Gasteiger partial charge in [-0.15, -0.1) is 0 Å². The van der Waals surface area contributed by atoms with Crippen molar-refractivity contribution < 1.29 is 4.79 Å². The van der Waals surface area contributed by atoms with Crippen LogP contribution in [-0.4, -0.2) is 5.91 Å². The minimum absolute atomic E-state index is 0.0588. The van der Waals surface area contributed by atoms with Gasteiger partial charge in [-0.25, -0.2) is 0 Å². The normalized spacial score (nSPS) is 11.8. The molecule has 0 fully saturated rings. The molecule has 1 atom stereocenters. The summed E-state index contributed by atoms with van der Waals surface area (Å²) in [5.74, 6) is -0.0588. The molecule has 0 saturated carbocycles. The quantitative estimate of drug-likeness (QED) is 0.870. The lowest BCUT2D eigenvalue weighted by atomic mass is 10.0. The third-order valence-corrected chi connectivity index (χ3v) is 3.47. The lowest BCUT2D eigenvalue weighted by molar-refractivity contribution is -0.114. The van der Waals surface area contributed by atoms with Gasteiger partial charge in [-0.05, 0) is 44.0 Å². The highest BCUT2D eigenvalue weighted by Gasteiger charge is 2.08. The molecule has 0 aromatic heterocycles. The summed E-state index contributed by atoms with van der Waals surface area (Å²) >= 11 is 0. The standard InChI is InChI=1S/C18H22N2O/c1-12-6-5-7-16(10-12)14(3)19-18-11-17(20-15(4)21)9-8-13(18)2/h5-11,14,19H,1-4H3,(H,20,21). The molecule has 0 bridgehead atoms. The molecule has 0 aliphatic carbocycles. The molecule has 0 radical (unpaired) electrons. The van der Waals surface area contributed by atoms with E-state index in [0.29, 0.717) is 0 Å². The minimum Gasteiger partial charge on any atom is -0.378 e. The van der Waals surface area contributed by atoms with Crippen LogP contribution in [0.4, 0.5) is 11.4 Å². The number of carbonyl (C=O) groups excluding carboxylic acids is 1. The smallest absolute Gasteiger partial charge is 0.221 e. The van der Waals surface area contributed by atoms with Gasteiger partial charge in [0.15, 0.2) is 0 Å². The van der Waals surface area contributed by atoms with Crippen molar-refractivity contribution in [1.82, 2.24) is 0 Å². The second kappa shape index (κ2) is 6.44. The maximum atomic E-state index is 11.2. The van der Waals surface area contributed by atoms with Crippen molar-refractivity contribution in [3.8, 4) is 0 Å². The molecular formula is C18H22N2O. The van der Waals surface area contributed by atoms with E-state index >= 15 is 0 Å². The monoisotopic (exact) mass is 282 g/mol. The molecule has 2 rings (SSSR count). The van der Waals surface area contributed by atoms with Gasteiger partial charge in [0.1, 0.15) is 0 Å². The predicted molar refractivity (Wildman–Crippen MR) is 88.7 cm³/mol. The molecule has 0 heterocycles. The molecule has 0 saturated heterocycles. The lowest BCUT2D eigenvalue weighted by Crippen LogP contribution is -2.10. The van der Waals surface area contributed by atoms with Gasteiger partial charge >= 0.3 is 0 Å². The van der Waals surface area contributed by atoms with Crippen LogP contribution in [0.15, 0.2) is 42.5 Å². The van der Waals surface area contributed by atoms with Crippen molar-refractivity contribution in [2.75, 3.05) is 10.6 Å². The molecule has 0 spiro atoms. The highest BCUT2D eigenvalue weighted by molar-refractivity contribution is 5.89. The summed E-state index contributed by atoms with van der Waals surface area (Å²) in [5, 5.41) is 6.33. The van der Waals surface area contributed by atoms with Crippen LogP contribution >= 0.6 is 0 Å². The molecule has 1 amide bonds. The van der Waals surface area contributed by atoms with Crippen molar-refractivity contribution in [3.63, 3.8) is 0 Å². The summed E-state index contributed by atoms with van der Waals surface area (Å²) < 4.78 is 0. The summed E-state index contributed by atoms with van der Waals surface area (Å²) in [5.41, 5.74) is 5.51. The number of anilines is 2. The summed E-state index contributed by atoms with van der Waals surface area (Å²) in [4.78, 5) is 11.2. The fraction of sp³-hybridized carbons (Fsp3) is 0.278. The van der Waals surface area contributed by atoms with Crippen LogP contribution in [0, 0.1) is 13.8 Å². The Kier molecular flexibility index (Phi) is 4.63. The molecule has 3 heteroatoms. The first-order chi connectivity index (χ1) is 9.95. The number of aryl methyl sites for hydroxylation is 2. The molecule has 3 nitrogen and oxygen atoms in total. The minimum atomic E-state index is -0.0588. The van der Waals surface area contributed by atoms with Gasteiger partial charge in [-0.2, -0.15) is 0 Å². The zero-order valence-electron chi connectivity index (χ0n) is 13.0. The fourth-order valence-corrected chi connectivity index (χ4v) is 2.31. The Balaban J connectivity index is 2.20. The average molecular weight is 282 g/mol. The summed E-state index contributed by atoms with van der Waals surface area (Å²) in [6.45, 7) is 7.81. The first-order valence-electron chi connectivity index (χ1n) is 7.17. The highest BCUT2D eigenvalue weighted by atomic mass is 16.1. The summed E-state index contributed by atoms with van der Waals surface area (Å²) in [7, 11) is 0. The van der Waals surface area contributed by atoms with Crippen LogP contribution in [0.3, 0.4) is 0 Å². The van der Waals surface area contributed by atoms with Crippen LogP contribution < -0.4 is 10.6 Å². The summed E-state index contributed by atoms with van der Waals surface area (Å²) in [6.07, 6.45) is 0. The van der Waals surface area contributed by atoms with Gasteiger partial charge in [-0.1, -0.05) is 35.9 Å². The van der Waals surface area contributed by atoms with E-state index in [1.807, 2.05) is 18.2 Å². The number of benzene rings is 2. The first-order valence-corrected chi connectivity index (χ1v) is 7.17. The third kappa shape index (κ3) is 4.09. The van der Waals surface area contributed by atoms with E-state index in [1.54, 1.807) is 0 Å². The SMILES string of the molecule is CC(=O)Nc1ccc(C)c(NC(C)c2cccc(C)c2)c1. The van der Waals surface area contributed by atoms with Crippen LogP contribution in [0.2, 0.25) is 0 Å². The second-order valence-corrected chi connectivity index (χ2v) is 5.49. The third-order valence-electron chi connectivity index (χ3n) is 3.47. The van der Waals surface area contributed by atoms with E-state index in [9.17, 15) is 4.79 Å². The van der Waals surface area contributed by atoms with Crippen molar-refractivity contribution >= 4 is 17.3 Å². The zero-order valence-corrected chi connectivity index (χ0v) is 13.0. The molecule has 2 N–H and O–H groups in total. The summed E-state index contributed by atoms with van der Waals surface area (Å²) in [6, 6.07) is 14.6. The predicted octanol–water partition coefficient (Wildman–Crippen LogP) is 4.43. The zero-order chi connectivity index (χ0) is 15.4. The Bertz CT molecular complexity index is 649. The number of carbonyl (C=O) groups is 1. The second-order valence-electron chi connectivity index (χ2n) is 5.49. The molecule has 0 aliphatic heterocycles. The topological polar surface area (TPSA) is 41.1 Å². The fourth-order valence-electron chi connectivity index (χ4n) is 2.31. The van der Waals surface area contributed by atoms with Crippen molar-refractivity contribution in [3.05, 3.63) is 59.2 Å². The van der Waals surface area contributed by atoms with Gasteiger partial charge in [0, 0.05) is 24.3 Å². The molecule has 2 aromatic carbocycles. The van der Waals surface area contributed by atoms with E-state index in [-0.39, 0.29) is 11.9 Å².